The predicted molar refractivity (Wildman–Crippen MR) is 67.4 cm³/mol. The van der Waals surface area contributed by atoms with Gasteiger partial charge in [-0.25, -0.2) is 0 Å². The van der Waals surface area contributed by atoms with E-state index in [2.05, 4.69) is 0 Å². The number of amides is 2. The van der Waals surface area contributed by atoms with Crippen molar-refractivity contribution in [3.63, 3.8) is 0 Å². The molecule has 0 aromatic heterocycles. The molecule has 1 fully saturated rings. The van der Waals surface area contributed by atoms with E-state index >= 15 is 0 Å². The molecule has 96 valence electrons. The quantitative estimate of drug-likeness (QED) is 0.763. The molecular formula is C14H17NO3. The van der Waals surface area contributed by atoms with E-state index in [0.717, 1.165) is 5.75 Å². The van der Waals surface area contributed by atoms with Crippen LogP contribution in [0.1, 0.15) is 24.0 Å². The largest absolute Gasteiger partial charge is 0.492 e. The zero-order chi connectivity index (χ0) is 13.1. The average molecular weight is 247 g/mol. The van der Waals surface area contributed by atoms with Crippen LogP contribution in [0.5, 0.6) is 5.75 Å². The monoisotopic (exact) mass is 247 g/mol. The Morgan fingerprint density at radius 2 is 1.78 bits per heavy atom. The van der Waals surface area contributed by atoms with Gasteiger partial charge in [0.15, 0.2) is 0 Å². The lowest BCUT2D eigenvalue weighted by molar-refractivity contribution is -0.138. The summed E-state index contributed by atoms with van der Waals surface area (Å²) in [5.74, 6) is 0.588. The SMILES string of the molecule is Cc1ccc(OCCN2C(=O)CCC2=O)cc1C. The first-order chi connectivity index (χ1) is 8.58. The fourth-order valence-electron chi connectivity index (χ4n) is 1.93. The topological polar surface area (TPSA) is 46.6 Å². The molecule has 4 heteroatoms. The highest BCUT2D eigenvalue weighted by atomic mass is 16.5. The molecule has 0 aliphatic carbocycles. The molecule has 0 unspecified atom stereocenters. The summed E-state index contributed by atoms with van der Waals surface area (Å²) in [6.45, 7) is 4.75. The molecule has 0 N–H and O–H groups in total. The maximum absolute atomic E-state index is 11.4. The first-order valence-corrected chi connectivity index (χ1v) is 6.11. The molecule has 2 rings (SSSR count). The van der Waals surface area contributed by atoms with Gasteiger partial charge in [0, 0.05) is 12.8 Å². The molecule has 4 nitrogen and oxygen atoms in total. The summed E-state index contributed by atoms with van der Waals surface area (Å²) in [6.07, 6.45) is 0.672. The summed E-state index contributed by atoms with van der Waals surface area (Å²) >= 11 is 0. The van der Waals surface area contributed by atoms with Crippen molar-refractivity contribution < 1.29 is 14.3 Å². The van der Waals surface area contributed by atoms with Crippen molar-refractivity contribution in [3.8, 4) is 5.75 Å². The Bertz CT molecular complexity index is 466. The highest BCUT2D eigenvalue weighted by Crippen LogP contribution is 2.17. The van der Waals surface area contributed by atoms with E-state index in [4.69, 9.17) is 4.74 Å². The van der Waals surface area contributed by atoms with E-state index in [-0.39, 0.29) is 11.8 Å². The number of nitrogens with zero attached hydrogens (tertiary/aromatic N) is 1. The molecule has 0 spiro atoms. The summed E-state index contributed by atoms with van der Waals surface area (Å²) in [4.78, 5) is 24.0. The Morgan fingerprint density at radius 1 is 1.11 bits per heavy atom. The van der Waals surface area contributed by atoms with Crippen molar-refractivity contribution in [2.24, 2.45) is 0 Å². The van der Waals surface area contributed by atoms with E-state index in [1.54, 1.807) is 0 Å². The van der Waals surface area contributed by atoms with Crippen molar-refractivity contribution in [2.45, 2.75) is 26.7 Å². The van der Waals surface area contributed by atoms with Crippen LogP contribution in [0.3, 0.4) is 0 Å². The number of benzene rings is 1. The number of ether oxygens (including phenoxy) is 1. The first kappa shape index (κ1) is 12.6. The second-order valence-electron chi connectivity index (χ2n) is 4.53. The van der Waals surface area contributed by atoms with Gasteiger partial charge in [-0.2, -0.15) is 0 Å². The second kappa shape index (κ2) is 5.21. The Morgan fingerprint density at radius 3 is 2.39 bits per heavy atom. The van der Waals surface area contributed by atoms with Gasteiger partial charge in [0.05, 0.1) is 6.54 Å². The summed E-state index contributed by atoms with van der Waals surface area (Å²) in [6, 6.07) is 5.86. The van der Waals surface area contributed by atoms with Gasteiger partial charge in [-0.05, 0) is 37.1 Å². The Balaban J connectivity index is 1.86. The lowest BCUT2D eigenvalue weighted by Gasteiger charge is -2.14. The van der Waals surface area contributed by atoms with Crippen molar-refractivity contribution >= 4 is 11.8 Å². The van der Waals surface area contributed by atoms with E-state index in [0.29, 0.717) is 26.0 Å². The predicted octanol–water partition coefficient (Wildman–Crippen LogP) is 1.83. The maximum Gasteiger partial charge on any atom is 0.229 e. The summed E-state index contributed by atoms with van der Waals surface area (Å²) in [5, 5.41) is 0. The number of hydrogen-bond donors (Lipinski definition) is 0. The molecule has 0 atom stereocenters. The highest BCUT2D eigenvalue weighted by molar-refractivity contribution is 6.01. The lowest BCUT2D eigenvalue weighted by Crippen LogP contribution is -2.33. The van der Waals surface area contributed by atoms with Gasteiger partial charge >= 0.3 is 0 Å². The van der Waals surface area contributed by atoms with Crippen LogP contribution in [0.4, 0.5) is 0 Å². The summed E-state index contributed by atoms with van der Waals surface area (Å²) in [5.41, 5.74) is 2.38. The van der Waals surface area contributed by atoms with Gasteiger partial charge < -0.3 is 4.74 Å². The number of carbonyl (C=O) groups is 2. The molecule has 1 aliphatic heterocycles. The van der Waals surface area contributed by atoms with Crippen LogP contribution in [-0.4, -0.2) is 29.9 Å². The Kier molecular flexibility index (Phi) is 3.65. The van der Waals surface area contributed by atoms with Gasteiger partial charge in [-0.1, -0.05) is 6.07 Å². The van der Waals surface area contributed by atoms with Crippen LogP contribution in [0, 0.1) is 13.8 Å². The average Bonchev–Trinajstić information content (AvgIpc) is 2.65. The van der Waals surface area contributed by atoms with Gasteiger partial charge in [0.2, 0.25) is 11.8 Å². The Hall–Kier alpha value is -1.84. The first-order valence-electron chi connectivity index (χ1n) is 6.11. The molecule has 1 saturated heterocycles. The van der Waals surface area contributed by atoms with E-state index < -0.39 is 0 Å². The zero-order valence-corrected chi connectivity index (χ0v) is 10.7. The zero-order valence-electron chi connectivity index (χ0n) is 10.7. The van der Waals surface area contributed by atoms with Crippen LogP contribution < -0.4 is 4.74 Å². The van der Waals surface area contributed by atoms with Crippen molar-refractivity contribution in [1.29, 1.82) is 0 Å². The second-order valence-corrected chi connectivity index (χ2v) is 4.53. The van der Waals surface area contributed by atoms with Crippen LogP contribution in [0.25, 0.3) is 0 Å². The lowest BCUT2D eigenvalue weighted by atomic mass is 10.1. The molecule has 0 saturated carbocycles. The molecule has 0 radical (unpaired) electrons. The minimum Gasteiger partial charge on any atom is -0.492 e. The standard InChI is InChI=1S/C14H17NO3/c1-10-3-4-12(9-11(10)2)18-8-7-15-13(16)5-6-14(15)17/h3-4,9H,5-8H2,1-2H3. The molecule has 1 aliphatic rings. The molecular weight excluding hydrogens is 230 g/mol. The van der Waals surface area contributed by atoms with Crippen LogP contribution in [-0.2, 0) is 9.59 Å². The highest BCUT2D eigenvalue weighted by Gasteiger charge is 2.28. The van der Waals surface area contributed by atoms with Crippen LogP contribution in [0.15, 0.2) is 18.2 Å². The van der Waals surface area contributed by atoms with Gasteiger partial charge in [0.1, 0.15) is 12.4 Å². The minimum absolute atomic E-state index is 0.0938. The van der Waals surface area contributed by atoms with Crippen LogP contribution >= 0.6 is 0 Å². The normalized spacial score (nSPS) is 15.3. The fraction of sp³-hybridized carbons (Fsp3) is 0.429. The summed E-state index contributed by atoms with van der Waals surface area (Å²) in [7, 11) is 0. The third-order valence-electron chi connectivity index (χ3n) is 3.22. The minimum atomic E-state index is -0.0938. The van der Waals surface area contributed by atoms with Crippen molar-refractivity contribution in [1.82, 2.24) is 4.90 Å². The van der Waals surface area contributed by atoms with Gasteiger partial charge in [-0.3, -0.25) is 14.5 Å². The number of likely N-dealkylation sites (tertiary alicyclic amines) is 1. The molecule has 1 aromatic carbocycles. The number of aryl methyl sites for hydroxylation is 2. The molecule has 2 amide bonds. The molecule has 0 bridgehead atoms. The van der Waals surface area contributed by atoms with Gasteiger partial charge in [-0.15, -0.1) is 0 Å². The third kappa shape index (κ3) is 2.70. The number of rotatable bonds is 4. The number of carbonyl (C=O) groups excluding carboxylic acids is 2. The Labute approximate surface area is 107 Å². The van der Waals surface area contributed by atoms with Crippen LogP contribution in [0.2, 0.25) is 0 Å². The van der Waals surface area contributed by atoms with E-state index in [1.165, 1.54) is 16.0 Å². The summed E-state index contributed by atoms with van der Waals surface area (Å²) < 4.78 is 5.55. The maximum atomic E-state index is 11.4. The smallest absolute Gasteiger partial charge is 0.229 e. The van der Waals surface area contributed by atoms with Crippen molar-refractivity contribution in [3.05, 3.63) is 29.3 Å². The third-order valence-corrected chi connectivity index (χ3v) is 3.22. The fourth-order valence-corrected chi connectivity index (χ4v) is 1.93. The van der Waals surface area contributed by atoms with Gasteiger partial charge in [0.25, 0.3) is 0 Å². The number of imide groups is 1. The molecule has 18 heavy (non-hydrogen) atoms. The van der Waals surface area contributed by atoms with E-state index in [1.807, 2.05) is 32.0 Å². The van der Waals surface area contributed by atoms with Crippen molar-refractivity contribution in [2.75, 3.05) is 13.2 Å². The molecule has 1 aromatic rings. The molecule has 1 heterocycles. The van der Waals surface area contributed by atoms with E-state index in [9.17, 15) is 9.59 Å². The number of hydrogen-bond acceptors (Lipinski definition) is 3.